The zero-order valence-electron chi connectivity index (χ0n) is 15.6. The Kier molecular flexibility index (Phi) is 6.12. The van der Waals surface area contributed by atoms with Crippen molar-refractivity contribution in [2.75, 3.05) is 11.9 Å². The van der Waals surface area contributed by atoms with E-state index in [0.29, 0.717) is 25.1 Å². The van der Waals surface area contributed by atoms with Crippen LogP contribution in [0.5, 0.6) is 5.75 Å². The summed E-state index contributed by atoms with van der Waals surface area (Å²) in [6, 6.07) is 13.6. The first-order chi connectivity index (χ1) is 13.0. The van der Waals surface area contributed by atoms with Gasteiger partial charge >= 0.3 is 0 Å². The number of hydrogen-bond donors (Lipinski definition) is 3. The summed E-state index contributed by atoms with van der Waals surface area (Å²) in [7, 11) is 0. The third kappa shape index (κ3) is 4.88. The summed E-state index contributed by atoms with van der Waals surface area (Å²) in [5, 5.41) is 16.4. The number of aryl methyl sites for hydroxylation is 2. The molecule has 0 aromatic heterocycles. The normalized spacial score (nSPS) is 15.2. The number of carbonyl (C=O) groups is 2. The van der Waals surface area contributed by atoms with Crippen LogP contribution >= 0.6 is 0 Å². The van der Waals surface area contributed by atoms with Gasteiger partial charge in [0.25, 0.3) is 0 Å². The number of hydrogen-bond acceptors (Lipinski definition) is 3. The number of anilines is 1. The first-order valence-corrected chi connectivity index (χ1v) is 9.47. The minimum Gasteiger partial charge on any atom is -0.505 e. The molecule has 0 spiro atoms. The minimum atomic E-state index is -0.109. The van der Waals surface area contributed by atoms with E-state index in [1.54, 1.807) is 6.07 Å². The van der Waals surface area contributed by atoms with E-state index in [0.717, 1.165) is 36.0 Å². The molecule has 0 heterocycles. The maximum atomic E-state index is 12.3. The summed E-state index contributed by atoms with van der Waals surface area (Å²) in [5.41, 5.74) is 3.63. The molecule has 0 fully saturated rings. The van der Waals surface area contributed by atoms with Crippen LogP contribution in [0.25, 0.3) is 0 Å². The predicted molar refractivity (Wildman–Crippen MR) is 106 cm³/mol. The van der Waals surface area contributed by atoms with Crippen LogP contribution in [0.2, 0.25) is 0 Å². The highest BCUT2D eigenvalue weighted by atomic mass is 16.3. The molecule has 1 unspecified atom stereocenters. The zero-order valence-corrected chi connectivity index (χ0v) is 15.6. The van der Waals surface area contributed by atoms with Crippen molar-refractivity contribution >= 4 is 17.5 Å². The maximum absolute atomic E-state index is 12.3. The van der Waals surface area contributed by atoms with E-state index < -0.39 is 0 Å². The number of phenolic OH excluding ortho intramolecular Hbond substituents is 1. The highest BCUT2D eigenvalue weighted by Crippen LogP contribution is 2.44. The molecule has 3 rings (SSSR count). The standard InChI is InChI=1S/C22H26N2O3/c1-15(25)23-14-13-18-9-8-17-10-11-19(22(27)21(17)18)24-20(26)12-7-16-5-3-2-4-6-16/h2-6,10-11,18,27H,7-9,12-14H2,1H3,(H,23,25)(H,24,26). The van der Waals surface area contributed by atoms with Crippen molar-refractivity contribution in [1.82, 2.24) is 5.32 Å². The van der Waals surface area contributed by atoms with Crippen LogP contribution in [0, 0.1) is 0 Å². The number of rotatable bonds is 7. The summed E-state index contributed by atoms with van der Waals surface area (Å²) in [4.78, 5) is 23.4. The molecule has 2 aromatic rings. The summed E-state index contributed by atoms with van der Waals surface area (Å²) in [5.74, 6) is 0.220. The molecule has 0 aliphatic heterocycles. The smallest absolute Gasteiger partial charge is 0.224 e. The molecular weight excluding hydrogens is 340 g/mol. The summed E-state index contributed by atoms with van der Waals surface area (Å²) < 4.78 is 0. The Morgan fingerprint density at radius 1 is 1.15 bits per heavy atom. The second-order valence-electron chi connectivity index (χ2n) is 7.08. The second kappa shape index (κ2) is 8.71. The van der Waals surface area contributed by atoms with E-state index in [1.165, 1.54) is 6.92 Å². The first-order valence-electron chi connectivity index (χ1n) is 9.47. The lowest BCUT2D eigenvalue weighted by atomic mass is 9.96. The van der Waals surface area contributed by atoms with Crippen molar-refractivity contribution in [1.29, 1.82) is 0 Å². The molecule has 3 N–H and O–H groups in total. The number of aromatic hydroxyl groups is 1. The van der Waals surface area contributed by atoms with Gasteiger partial charge in [0.15, 0.2) is 0 Å². The van der Waals surface area contributed by atoms with Crippen molar-refractivity contribution in [2.45, 2.75) is 44.9 Å². The van der Waals surface area contributed by atoms with Gasteiger partial charge in [-0.25, -0.2) is 0 Å². The quantitative estimate of drug-likeness (QED) is 0.656. The molecule has 0 radical (unpaired) electrons. The van der Waals surface area contributed by atoms with Crippen molar-refractivity contribution in [2.24, 2.45) is 0 Å². The van der Waals surface area contributed by atoms with Gasteiger partial charge in [-0.3, -0.25) is 9.59 Å². The summed E-state index contributed by atoms with van der Waals surface area (Å²) in [6.07, 6.45) is 3.68. The Bertz CT molecular complexity index is 818. The first kappa shape index (κ1) is 19.0. The van der Waals surface area contributed by atoms with E-state index in [4.69, 9.17) is 0 Å². The molecule has 27 heavy (non-hydrogen) atoms. The number of nitrogens with one attached hydrogen (secondary N) is 2. The third-order valence-corrected chi connectivity index (χ3v) is 5.10. The molecule has 1 atom stereocenters. The van der Waals surface area contributed by atoms with Gasteiger partial charge in [-0.2, -0.15) is 0 Å². The Morgan fingerprint density at radius 2 is 1.93 bits per heavy atom. The average molecular weight is 366 g/mol. The number of amides is 2. The molecule has 1 aliphatic carbocycles. The van der Waals surface area contributed by atoms with Gasteiger partial charge in [0.1, 0.15) is 5.75 Å². The maximum Gasteiger partial charge on any atom is 0.224 e. The van der Waals surface area contributed by atoms with E-state index in [9.17, 15) is 14.7 Å². The van der Waals surface area contributed by atoms with Gasteiger partial charge in [-0.15, -0.1) is 0 Å². The van der Waals surface area contributed by atoms with Gasteiger partial charge < -0.3 is 15.7 Å². The largest absolute Gasteiger partial charge is 0.505 e. The summed E-state index contributed by atoms with van der Waals surface area (Å²) >= 11 is 0. The molecular formula is C22H26N2O3. The topological polar surface area (TPSA) is 78.4 Å². The zero-order chi connectivity index (χ0) is 19.2. The fourth-order valence-corrected chi connectivity index (χ4v) is 3.72. The lowest BCUT2D eigenvalue weighted by Crippen LogP contribution is -2.22. The Balaban J connectivity index is 1.63. The molecule has 142 valence electrons. The van der Waals surface area contributed by atoms with Crippen LogP contribution in [0.15, 0.2) is 42.5 Å². The minimum absolute atomic E-state index is 0.0446. The highest BCUT2D eigenvalue weighted by Gasteiger charge is 2.27. The van der Waals surface area contributed by atoms with Crippen LogP contribution in [0.3, 0.4) is 0 Å². The predicted octanol–water partition coefficient (Wildman–Crippen LogP) is 3.52. The monoisotopic (exact) mass is 366 g/mol. The lowest BCUT2D eigenvalue weighted by molar-refractivity contribution is -0.119. The van der Waals surface area contributed by atoms with Crippen LogP contribution in [-0.2, 0) is 22.4 Å². The molecule has 0 bridgehead atoms. The van der Waals surface area contributed by atoms with Crippen molar-refractivity contribution in [3.63, 3.8) is 0 Å². The molecule has 1 aliphatic rings. The Morgan fingerprint density at radius 3 is 2.67 bits per heavy atom. The summed E-state index contributed by atoms with van der Waals surface area (Å²) in [6.45, 7) is 2.09. The number of fused-ring (bicyclic) bond motifs is 1. The van der Waals surface area contributed by atoms with Crippen molar-refractivity contribution in [3.05, 3.63) is 59.2 Å². The Labute approximate surface area is 159 Å². The van der Waals surface area contributed by atoms with E-state index in [1.807, 2.05) is 36.4 Å². The van der Waals surface area contributed by atoms with E-state index in [-0.39, 0.29) is 23.5 Å². The highest BCUT2D eigenvalue weighted by molar-refractivity contribution is 5.92. The number of carbonyl (C=O) groups excluding carboxylic acids is 2. The van der Waals surface area contributed by atoms with Crippen LogP contribution in [0.4, 0.5) is 5.69 Å². The third-order valence-electron chi connectivity index (χ3n) is 5.10. The Hall–Kier alpha value is -2.82. The number of benzene rings is 2. The van der Waals surface area contributed by atoms with E-state index in [2.05, 4.69) is 10.6 Å². The molecule has 0 saturated heterocycles. The van der Waals surface area contributed by atoms with Crippen molar-refractivity contribution < 1.29 is 14.7 Å². The molecule has 2 aromatic carbocycles. The van der Waals surface area contributed by atoms with Gasteiger partial charge in [0.05, 0.1) is 5.69 Å². The van der Waals surface area contributed by atoms with Gasteiger partial charge in [-0.1, -0.05) is 36.4 Å². The molecule has 5 nitrogen and oxygen atoms in total. The average Bonchev–Trinajstić information content (AvgIpc) is 3.07. The van der Waals surface area contributed by atoms with Crippen LogP contribution in [-0.4, -0.2) is 23.5 Å². The lowest BCUT2D eigenvalue weighted by Gasteiger charge is -2.16. The van der Waals surface area contributed by atoms with Crippen LogP contribution < -0.4 is 10.6 Å². The molecule has 2 amide bonds. The van der Waals surface area contributed by atoms with Gasteiger partial charge in [-0.05, 0) is 48.8 Å². The fourth-order valence-electron chi connectivity index (χ4n) is 3.72. The SMILES string of the molecule is CC(=O)NCCC1CCc2ccc(NC(=O)CCc3ccccc3)c(O)c21. The van der Waals surface area contributed by atoms with Gasteiger partial charge in [0, 0.05) is 25.5 Å². The molecule has 0 saturated carbocycles. The fraction of sp³-hybridized carbons (Fsp3) is 0.364. The molecule has 5 heteroatoms. The van der Waals surface area contributed by atoms with E-state index >= 15 is 0 Å². The second-order valence-corrected chi connectivity index (χ2v) is 7.08. The van der Waals surface area contributed by atoms with Crippen LogP contribution in [0.1, 0.15) is 48.8 Å². The number of phenols is 1. The van der Waals surface area contributed by atoms with Gasteiger partial charge in [0.2, 0.25) is 11.8 Å². The van der Waals surface area contributed by atoms with Crippen molar-refractivity contribution in [3.8, 4) is 5.75 Å².